The third-order valence-corrected chi connectivity index (χ3v) is 6.59. The Morgan fingerprint density at radius 2 is 0.743 bits per heavy atom. The molecule has 208 valence electrons. The van der Waals surface area contributed by atoms with Crippen LogP contribution < -0.4 is 0 Å². The van der Waals surface area contributed by atoms with Crippen molar-refractivity contribution in [1.82, 2.24) is 0 Å². The molecular formula is C30H58O5. The zero-order chi connectivity index (χ0) is 25.8. The molecule has 0 bridgehead atoms. The second kappa shape index (κ2) is 27.5. The van der Waals surface area contributed by atoms with Gasteiger partial charge in [0.25, 0.3) is 0 Å². The van der Waals surface area contributed by atoms with Gasteiger partial charge in [-0.2, -0.15) is 0 Å². The highest BCUT2D eigenvalue weighted by Crippen LogP contribution is 2.13. The molecule has 0 fully saturated rings. The maximum Gasteiger partial charge on any atom is 0.305 e. The Balaban J connectivity index is 3.42. The minimum absolute atomic E-state index is 0.109. The summed E-state index contributed by atoms with van der Waals surface area (Å²) in [5.74, 6) is -0.563. The summed E-state index contributed by atoms with van der Waals surface area (Å²) in [5, 5.41) is 9.90. The molecule has 0 heterocycles. The average molecular weight is 499 g/mol. The maximum atomic E-state index is 11.8. The van der Waals surface area contributed by atoms with Gasteiger partial charge in [0, 0.05) is 12.8 Å². The van der Waals surface area contributed by atoms with E-state index < -0.39 is 6.10 Å². The highest BCUT2D eigenvalue weighted by Gasteiger charge is 2.12. The van der Waals surface area contributed by atoms with Crippen LogP contribution in [0.25, 0.3) is 0 Å². The van der Waals surface area contributed by atoms with Gasteiger partial charge in [0.1, 0.15) is 19.3 Å². The lowest BCUT2D eigenvalue weighted by atomic mass is 10.0. The molecule has 0 aliphatic rings. The first-order valence-corrected chi connectivity index (χ1v) is 15.1. The largest absolute Gasteiger partial charge is 0.463 e. The maximum absolute atomic E-state index is 11.8. The van der Waals surface area contributed by atoms with E-state index in [0.29, 0.717) is 12.8 Å². The molecule has 0 aliphatic heterocycles. The number of esters is 2. The SMILES string of the molecule is CCCCCCCCCCCCCCC(=O)OC[C@H](O)COC(=O)CCCCCCCCCCC. The van der Waals surface area contributed by atoms with Gasteiger partial charge in [0.05, 0.1) is 0 Å². The first kappa shape index (κ1) is 33.9. The molecule has 5 nitrogen and oxygen atoms in total. The number of carbonyl (C=O) groups is 2. The van der Waals surface area contributed by atoms with Gasteiger partial charge < -0.3 is 14.6 Å². The van der Waals surface area contributed by atoms with Crippen LogP contribution in [-0.4, -0.2) is 36.4 Å². The first-order valence-electron chi connectivity index (χ1n) is 15.1. The summed E-state index contributed by atoms with van der Waals surface area (Å²) in [6.45, 7) is 4.26. The molecule has 0 amide bonds. The predicted molar refractivity (Wildman–Crippen MR) is 145 cm³/mol. The van der Waals surface area contributed by atoms with Crippen LogP contribution in [0.2, 0.25) is 0 Å². The summed E-state index contributed by atoms with van der Waals surface area (Å²) < 4.78 is 10.2. The minimum atomic E-state index is -0.951. The van der Waals surface area contributed by atoms with Gasteiger partial charge in [-0.25, -0.2) is 0 Å². The Morgan fingerprint density at radius 1 is 0.486 bits per heavy atom. The number of aliphatic hydroxyl groups is 1. The van der Waals surface area contributed by atoms with E-state index in [4.69, 9.17) is 9.47 Å². The van der Waals surface area contributed by atoms with E-state index in [1.165, 1.54) is 103 Å². The number of ether oxygens (including phenoxy) is 2. The Labute approximate surface area is 217 Å². The van der Waals surface area contributed by atoms with Crippen molar-refractivity contribution in [3.8, 4) is 0 Å². The van der Waals surface area contributed by atoms with Crippen LogP contribution in [0.4, 0.5) is 0 Å². The normalized spacial score (nSPS) is 12.0. The first-order chi connectivity index (χ1) is 17.1. The monoisotopic (exact) mass is 498 g/mol. The van der Waals surface area contributed by atoms with Crippen molar-refractivity contribution in [3.05, 3.63) is 0 Å². The van der Waals surface area contributed by atoms with E-state index in [9.17, 15) is 14.7 Å². The number of hydrogen-bond donors (Lipinski definition) is 1. The smallest absolute Gasteiger partial charge is 0.305 e. The topological polar surface area (TPSA) is 72.8 Å². The highest BCUT2D eigenvalue weighted by molar-refractivity contribution is 5.69. The van der Waals surface area contributed by atoms with Crippen LogP contribution in [-0.2, 0) is 19.1 Å². The standard InChI is InChI=1S/C30H58O5/c1-3-5-7-9-11-13-14-15-17-19-21-23-25-30(33)35-27-28(31)26-34-29(32)24-22-20-18-16-12-10-8-6-4-2/h28,31H,3-27H2,1-2H3/t28-/m1/s1. The number of carbonyl (C=O) groups excluding carboxylic acids is 2. The summed E-state index contributed by atoms with van der Waals surface area (Å²) >= 11 is 0. The van der Waals surface area contributed by atoms with Gasteiger partial charge in [0.2, 0.25) is 0 Å². The van der Waals surface area contributed by atoms with Gasteiger partial charge in [-0.3, -0.25) is 9.59 Å². The predicted octanol–water partition coefficient (Wildman–Crippen LogP) is 8.45. The molecule has 0 unspecified atom stereocenters. The van der Waals surface area contributed by atoms with Crippen molar-refractivity contribution in [2.24, 2.45) is 0 Å². The highest BCUT2D eigenvalue weighted by atomic mass is 16.6. The van der Waals surface area contributed by atoms with Crippen molar-refractivity contribution < 1.29 is 24.2 Å². The van der Waals surface area contributed by atoms with E-state index in [1.54, 1.807) is 0 Å². The van der Waals surface area contributed by atoms with Crippen LogP contribution in [0.5, 0.6) is 0 Å². The van der Waals surface area contributed by atoms with E-state index in [1.807, 2.05) is 0 Å². The quantitative estimate of drug-likeness (QED) is 0.0908. The van der Waals surface area contributed by atoms with Gasteiger partial charge in [-0.05, 0) is 12.8 Å². The molecule has 1 atom stereocenters. The van der Waals surface area contributed by atoms with Crippen LogP contribution in [0.1, 0.15) is 162 Å². The van der Waals surface area contributed by atoms with Crippen molar-refractivity contribution in [1.29, 1.82) is 0 Å². The van der Waals surface area contributed by atoms with E-state index >= 15 is 0 Å². The van der Waals surface area contributed by atoms with Crippen LogP contribution >= 0.6 is 0 Å². The third kappa shape index (κ3) is 27.3. The van der Waals surface area contributed by atoms with Gasteiger partial charge >= 0.3 is 11.9 Å². The van der Waals surface area contributed by atoms with Gasteiger partial charge in [0.15, 0.2) is 0 Å². The second-order valence-corrected chi connectivity index (χ2v) is 10.2. The fourth-order valence-corrected chi connectivity index (χ4v) is 4.26. The Morgan fingerprint density at radius 3 is 1.03 bits per heavy atom. The second-order valence-electron chi connectivity index (χ2n) is 10.2. The van der Waals surface area contributed by atoms with Gasteiger partial charge in [-0.15, -0.1) is 0 Å². The molecule has 35 heavy (non-hydrogen) atoms. The summed E-state index contributed by atoms with van der Waals surface area (Å²) in [7, 11) is 0. The number of aliphatic hydroxyl groups excluding tert-OH is 1. The van der Waals surface area contributed by atoms with Crippen molar-refractivity contribution in [2.75, 3.05) is 13.2 Å². The van der Waals surface area contributed by atoms with Crippen LogP contribution in [0.3, 0.4) is 0 Å². The van der Waals surface area contributed by atoms with Crippen molar-refractivity contribution in [3.63, 3.8) is 0 Å². The van der Waals surface area contributed by atoms with E-state index in [0.717, 1.165) is 32.1 Å². The molecule has 0 rings (SSSR count). The molecule has 0 saturated heterocycles. The Hall–Kier alpha value is -1.10. The molecule has 1 N–H and O–H groups in total. The number of rotatable bonds is 27. The fraction of sp³-hybridized carbons (Fsp3) is 0.933. The molecule has 0 spiro atoms. The van der Waals surface area contributed by atoms with Crippen LogP contribution in [0, 0.1) is 0 Å². The molecule has 0 aromatic carbocycles. The molecule has 0 aromatic heterocycles. The van der Waals surface area contributed by atoms with Crippen molar-refractivity contribution >= 4 is 11.9 Å². The zero-order valence-corrected chi connectivity index (χ0v) is 23.3. The lowest BCUT2D eigenvalue weighted by Gasteiger charge is -2.12. The molecular weight excluding hydrogens is 440 g/mol. The number of unbranched alkanes of at least 4 members (excludes halogenated alkanes) is 19. The van der Waals surface area contributed by atoms with E-state index in [2.05, 4.69) is 13.8 Å². The average Bonchev–Trinajstić information content (AvgIpc) is 2.85. The Bertz CT molecular complexity index is 466. The zero-order valence-electron chi connectivity index (χ0n) is 23.3. The minimum Gasteiger partial charge on any atom is -0.463 e. The summed E-state index contributed by atoms with van der Waals surface area (Å²) in [4.78, 5) is 23.6. The lowest BCUT2D eigenvalue weighted by Crippen LogP contribution is -2.25. The van der Waals surface area contributed by atoms with Crippen molar-refractivity contribution in [2.45, 2.75) is 168 Å². The molecule has 5 heteroatoms. The molecule has 0 aromatic rings. The summed E-state index contributed by atoms with van der Waals surface area (Å²) in [6.07, 6.45) is 25.7. The van der Waals surface area contributed by atoms with E-state index in [-0.39, 0.29) is 25.2 Å². The molecule has 0 saturated carbocycles. The fourth-order valence-electron chi connectivity index (χ4n) is 4.26. The molecule has 0 aliphatic carbocycles. The summed E-state index contributed by atoms with van der Waals surface area (Å²) in [5.41, 5.74) is 0. The Kier molecular flexibility index (Phi) is 26.6. The summed E-state index contributed by atoms with van der Waals surface area (Å²) in [6, 6.07) is 0. The third-order valence-electron chi connectivity index (χ3n) is 6.59. The molecule has 0 radical (unpaired) electrons. The van der Waals surface area contributed by atoms with Gasteiger partial charge in [-0.1, -0.05) is 136 Å². The van der Waals surface area contributed by atoms with Crippen LogP contribution in [0.15, 0.2) is 0 Å². The number of hydrogen-bond acceptors (Lipinski definition) is 5. The lowest BCUT2D eigenvalue weighted by molar-refractivity contribution is -0.152.